The van der Waals surface area contributed by atoms with Gasteiger partial charge in [0.15, 0.2) is 5.65 Å². The molecule has 3 aliphatic rings. The number of carbonyl (C=O) groups is 2. The fraction of sp³-hybridized carbons (Fsp3) is 0.458. The molecule has 3 aromatic rings. The van der Waals surface area contributed by atoms with Crippen molar-refractivity contribution >= 4 is 23.5 Å². The summed E-state index contributed by atoms with van der Waals surface area (Å²) in [5.41, 5.74) is 2.26. The van der Waals surface area contributed by atoms with E-state index in [0.717, 1.165) is 24.2 Å². The number of hydrogen-bond acceptors (Lipinski definition) is 8. The van der Waals surface area contributed by atoms with E-state index in [2.05, 4.69) is 32.2 Å². The van der Waals surface area contributed by atoms with Crippen LogP contribution in [0.15, 0.2) is 36.8 Å². The number of aromatic nitrogens is 4. The Kier molecular flexibility index (Phi) is 5.59. The monoisotopic (exact) mass is 492 g/mol. The molecule has 6 rings (SSSR count). The first-order valence-electron chi connectivity index (χ1n) is 12.1. The molecule has 1 unspecified atom stereocenters. The number of rotatable bonds is 5. The Hall–Kier alpha value is -3.93. The zero-order chi connectivity index (χ0) is 24.8. The van der Waals surface area contributed by atoms with Crippen molar-refractivity contribution in [3.05, 3.63) is 36.8 Å². The highest BCUT2D eigenvalue weighted by Gasteiger charge is 2.41. The van der Waals surface area contributed by atoms with Crippen LogP contribution in [0.4, 0.5) is 10.6 Å². The molecule has 12 heteroatoms. The lowest BCUT2D eigenvalue weighted by Crippen LogP contribution is -2.58. The van der Waals surface area contributed by atoms with Crippen LogP contribution in [0.3, 0.4) is 0 Å². The highest BCUT2D eigenvalue weighted by molar-refractivity contribution is 5.83. The fourth-order valence-corrected chi connectivity index (χ4v) is 5.37. The molecule has 3 aliphatic heterocycles. The molecular weight excluding hydrogens is 464 g/mol. The Morgan fingerprint density at radius 2 is 2.06 bits per heavy atom. The quantitative estimate of drug-likeness (QED) is 0.531. The van der Waals surface area contributed by atoms with Crippen LogP contribution in [0.1, 0.15) is 6.42 Å². The molecule has 2 amide bonds. The lowest BCUT2D eigenvalue weighted by Gasteiger charge is -2.43. The Morgan fingerprint density at radius 1 is 1.19 bits per heavy atom. The zero-order valence-electron chi connectivity index (χ0n) is 19.9. The Balaban J connectivity index is 1.35. The number of amides is 2. The van der Waals surface area contributed by atoms with Crippen LogP contribution in [0.25, 0.3) is 16.8 Å². The number of piperazine rings is 1. The van der Waals surface area contributed by atoms with Crippen molar-refractivity contribution in [2.75, 3.05) is 51.2 Å². The van der Waals surface area contributed by atoms with E-state index in [0.29, 0.717) is 43.4 Å². The number of carbonyl (C=O) groups excluding carboxylic acids is 1. The first-order valence-corrected chi connectivity index (χ1v) is 12.1. The van der Waals surface area contributed by atoms with E-state index in [1.165, 1.54) is 4.90 Å². The maximum absolute atomic E-state index is 12.6. The largest absolute Gasteiger partial charge is 0.471 e. The molecule has 36 heavy (non-hydrogen) atoms. The molecule has 3 saturated heterocycles. The van der Waals surface area contributed by atoms with Crippen LogP contribution < -0.4 is 15.0 Å². The topological polar surface area (TPSA) is 128 Å². The van der Waals surface area contributed by atoms with E-state index in [-0.39, 0.29) is 30.5 Å². The summed E-state index contributed by atoms with van der Waals surface area (Å²) in [5.74, 6) is 0.898. The molecule has 2 atom stereocenters. The molecule has 12 nitrogen and oxygen atoms in total. The normalized spacial score (nSPS) is 23.1. The summed E-state index contributed by atoms with van der Waals surface area (Å²) in [4.78, 5) is 39.3. The Labute approximate surface area is 207 Å². The van der Waals surface area contributed by atoms with Crippen LogP contribution in [-0.4, -0.2) is 105 Å². The molecule has 3 aromatic heterocycles. The lowest BCUT2D eigenvalue weighted by atomic mass is 9.94. The van der Waals surface area contributed by atoms with Crippen molar-refractivity contribution in [1.82, 2.24) is 34.7 Å². The van der Waals surface area contributed by atoms with Crippen LogP contribution in [0.2, 0.25) is 0 Å². The second-order valence-electron chi connectivity index (χ2n) is 9.60. The average molecular weight is 493 g/mol. The van der Waals surface area contributed by atoms with Crippen molar-refractivity contribution in [3.63, 3.8) is 0 Å². The van der Waals surface area contributed by atoms with Gasteiger partial charge in [0.1, 0.15) is 11.9 Å². The number of pyridine rings is 1. The average Bonchev–Trinajstić information content (AvgIpc) is 3.48. The van der Waals surface area contributed by atoms with Crippen molar-refractivity contribution in [3.8, 4) is 17.0 Å². The van der Waals surface area contributed by atoms with E-state index >= 15 is 0 Å². The van der Waals surface area contributed by atoms with Crippen LogP contribution in [0.5, 0.6) is 5.88 Å². The zero-order valence-corrected chi connectivity index (χ0v) is 19.9. The summed E-state index contributed by atoms with van der Waals surface area (Å²) in [5, 5.41) is 17.0. The van der Waals surface area contributed by atoms with Gasteiger partial charge in [0, 0.05) is 57.2 Å². The minimum absolute atomic E-state index is 0.0397. The highest BCUT2D eigenvalue weighted by Crippen LogP contribution is 2.33. The summed E-state index contributed by atoms with van der Waals surface area (Å²) in [6.45, 7) is 3.35. The van der Waals surface area contributed by atoms with Crippen LogP contribution in [0, 0.1) is 5.92 Å². The van der Waals surface area contributed by atoms with Gasteiger partial charge < -0.3 is 25.0 Å². The lowest BCUT2D eigenvalue weighted by molar-refractivity contribution is -0.123. The third-order valence-electron chi connectivity index (χ3n) is 7.26. The molecule has 0 radical (unpaired) electrons. The third-order valence-corrected chi connectivity index (χ3v) is 7.26. The Bertz CT molecular complexity index is 1310. The summed E-state index contributed by atoms with van der Waals surface area (Å²) in [6.07, 6.45) is 5.10. The summed E-state index contributed by atoms with van der Waals surface area (Å²) in [7, 11) is 2.05. The van der Waals surface area contributed by atoms with Gasteiger partial charge in [0.25, 0.3) is 0 Å². The number of nitrogens with zero attached hydrogens (tertiary/aromatic N) is 7. The van der Waals surface area contributed by atoms with E-state index in [9.17, 15) is 14.7 Å². The summed E-state index contributed by atoms with van der Waals surface area (Å²) < 4.78 is 7.87. The number of hydrogen-bond donors (Lipinski definition) is 2. The first-order chi connectivity index (χ1) is 17.5. The smallest absolute Gasteiger partial charge is 0.407 e. The molecule has 0 spiro atoms. The molecule has 0 bridgehead atoms. The third kappa shape index (κ3) is 3.96. The SMILES string of the molecule is CN1CC(Oc2ncccc2-c2cnn3ccc(N4CCN(C(=O)O)C[C@@H]4C4CCNC4=O)nc23)C1. The molecule has 0 saturated carbocycles. The predicted molar refractivity (Wildman–Crippen MR) is 130 cm³/mol. The van der Waals surface area contributed by atoms with Gasteiger partial charge in [-0.2, -0.15) is 5.10 Å². The molecule has 0 aromatic carbocycles. The van der Waals surface area contributed by atoms with Crippen LogP contribution >= 0.6 is 0 Å². The number of anilines is 1. The van der Waals surface area contributed by atoms with Gasteiger partial charge in [-0.1, -0.05) is 0 Å². The predicted octanol–water partition coefficient (Wildman–Crippen LogP) is 0.789. The van der Waals surface area contributed by atoms with Crippen molar-refractivity contribution in [2.24, 2.45) is 5.92 Å². The molecule has 188 valence electrons. The van der Waals surface area contributed by atoms with E-state index < -0.39 is 6.09 Å². The minimum atomic E-state index is -0.971. The second kappa shape index (κ2) is 8.94. The molecule has 6 heterocycles. The van der Waals surface area contributed by atoms with Gasteiger partial charge in [0.05, 0.1) is 23.7 Å². The van der Waals surface area contributed by atoms with Crippen molar-refractivity contribution in [2.45, 2.75) is 18.6 Å². The van der Waals surface area contributed by atoms with Gasteiger partial charge in [-0.05, 0) is 31.7 Å². The number of fused-ring (bicyclic) bond motifs is 1. The standard InChI is InChI=1S/C24H28N8O4/c1-29-12-15(13-29)36-23-16(3-2-6-26-23)18-11-27-32-8-5-20(28-21(18)32)31-10-9-30(24(34)35)14-19(31)17-4-7-25-22(17)33/h2-3,5-6,8,11,15,17,19H,4,7,9-10,12-14H2,1H3,(H,25,33)(H,34,35)/t17?,19-/m1/s1. The number of nitrogens with one attached hydrogen (secondary N) is 1. The second-order valence-corrected chi connectivity index (χ2v) is 9.60. The highest BCUT2D eigenvalue weighted by atomic mass is 16.5. The van der Waals surface area contributed by atoms with Gasteiger partial charge in [0.2, 0.25) is 11.8 Å². The van der Waals surface area contributed by atoms with Gasteiger partial charge in [-0.3, -0.25) is 9.69 Å². The Morgan fingerprint density at radius 3 is 2.81 bits per heavy atom. The number of ether oxygens (including phenoxy) is 1. The van der Waals surface area contributed by atoms with Crippen LogP contribution in [-0.2, 0) is 4.79 Å². The number of likely N-dealkylation sites (tertiary alicyclic amines) is 1. The van der Waals surface area contributed by atoms with E-state index in [1.807, 2.05) is 24.4 Å². The molecule has 2 N–H and O–H groups in total. The van der Waals surface area contributed by atoms with Crippen molar-refractivity contribution in [1.29, 1.82) is 0 Å². The molecular formula is C24H28N8O4. The fourth-order valence-electron chi connectivity index (χ4n) is 5.37. The molecule has 3 fully saturated rings. The molecule has 0 aliphatic carbocycles. The van der Waals surface area contributed by atoms with Gasteiger partial charge in [-0.15, -0.1) is 0 Å². The first kappa shape index (κ1) is 22.5. The van der Waals surface area contributed by atoms with Gasteiger partial charge >= 0.3 is 6.09 Å². The summed E-state index contributed by atoms with van der Waals surface area (Å²) >= 11 is 0. The van der Waals surface area contributed by atoms with E-state index in [1.54, 1.807) is 16.9 Å². The van der Waals surface area contributed by atoms with E-state index in [4.69, 9.17) is 9.72 Å². The van der Waals surface area contributed by atoms with Gasteiger partial charge in [-0.25, -0.2) is 19.3 Å². The number of likely N-dealkylation sites (N-methyl/N-ethyl adjacent to an activating group) is 1. The minimum Gasteiger partial charge on any atom is -0.471 e. The maximum atomic E-state index is 12.6. The van der Waals surface area contributed by atoms with Crippen molar-refractivity contribution < 1.29 is 19.4 Å². The maximum Gasteiger partial charge on any atom is 0.407 e. The number of carboxylic acid groups (broad SMARTS) is 1. The summed E-state index contributed by atoms with van der Waals surface area (Å²) in [6, 6.07) is 5.38.